The summed E-state index contributed by atoms with van der Waals surface area (Å²) < 4.78 is 2.21. The van der Waals surface area contributed by atoms with Crippen LogP contribution in [0, 0.1) is 25.2 Å². The highest BCUT2D eigenvalue weighted by atomic mass is 16.1. The average molecular weight is 364 g/mol. The number of anilines is 1. The molecule has 142 valence electrons. The van der Waals surface area contributed by atoms with Crippen LogP contribution in [0.5, 0.6) is 0 Å². The van der Waals surface area contributed by atoms with Crippen LogP contribution in [0.25, 0.3) is 6.08 Å². The highest BCUT2D eigenvalue weighted by Crippen LogP contribution is 2.19. The maximum atomic E-state index is 12.5. The average Bonchev–Trinajstić information content (AvgIpc) is 2.92. The molecule has 1 heterocycles. The number of amides is 1. The lowest BCUT2D eigenvalue weighted by Crippen LogP contribution is -2.24. The standard InChI is InChI=1S/C22H28N4O/c1-6-10-26-16(2)11-19(17(26)3)13-20(14-23)22(27)24-15-18-8-7-9-21(12-18)25(4)5/h7-9,11-13H,6,10,15H2,1-5H3,(H,24,27)/b20-13+. The molecule has 0 saturated carbocycles. The topological polar surface area (TPSA) is 61.1 Å². The molecule has 0 aliphatic rings. The Kier molecular flexibility index (Phi) is 6.84. The van der Waals surface area contributed by atoms with E-state index in [0.29, 0.717) is 6.54 Å². The quantitative estimate of drug-likeness (QED) is 0.600. The Morgan fingerprint density at radius 2 is 2.04 bits per heavy atom. The summed E-state index contributed by atoms with van der Waals surface area (Å²) in [5.74, 6) is -0.354. The third kappa shape index (κ3) is 5.01. The van der Waals surface area contributed by atoms with Gasteiger partial charge >= 0.3 is 0 Å². The van der Waals surface area contributed by atoms with Crippen LogP contribution < -0.4 is 10.2 Å². The van der Waals surface area contributed by atoms with Gasteiger partial charge in [0, 0.05) is 44.3 Å². The zero-order valence-corrected chi connectivity index (χ0v) is 16.8. The largest absolute Gasteiger partial charge is 0.378 e. The van der Waals surface area contributed by atoms with Crippen LogP contribution in [-0.4, -0.2) is 24.6 Å². The van der Waals surface area contributed by atoms with Crippen LogP contribution in [0.15, 0.2) is 35.9 Å². The summed E-state index contributed by atoms with van der Waals surface area (Å²) in [6.45, 7) is 7.52. The Bertz CT molecular complexity index is 884. The zero-order chi connectivity index (χ0) is 20.0. The molecular weight excluding hydrogens is 336 g/mol. The summed E-state index contributed by atoms with van der Waals surface area (Å²) in [7, 11) is 3.95. The molecule has 1 N–H and O–H groups in total. The van der Waals surface area contributed by atoms with Crippen LogP contribution in [0.2, 0.25) is 0 Å². The van der Waals surface area contributed by atoms with Crippen molar-refractivity contribution in [1.82, 2.24) is 9.88 Å². The van der Waals surface area contributed by atoms with Crippen molar-refractivity contribution in [3.05, 3.63) is 58.4 Å². The minimum atomic E-state index is -0.354. The van der Waals surface area contributed by atoms with E-state index in [9.17, 15) is 10.1 Å². The van der Waals surface area contributed by atoms with E-state index in [0.717, 1.165) is 41.2 Å². The van der Waals surface area contributed by atoms with E-state index in [1.165, 1.54) is 0 Å². The first-order valence-corrected chi connectivity index (χ1v) is 9.20. The number of aromatic nitrogens is 1. The fourth-order valence-electron chi connectivity index (χ4n) is 3.07. The number of nitrogens with one attached hydrogen (secondary N) is 1. The Hall–Kier alpha value is -3.00. The van der Waals surface area contributed by atoms with Gasteiger partial charge in [0.15, 0.2) is 0 Å². The fourth-order valence-corrected chi connectivity index (χ4v) is 3.07. The molecular formula is C22H28N4O. The molecule has 0 radical (unpaired) electrons. The molecule has 0 aliphatic heterocycles. The van der Waals surface area contributed by atoms with Crippen LogP contribution in [-0.2, 0) is 17.9 Å². The second-order valence-corrected chi connectivity index (χ2v) is 6.89. The molecule has 1 aromatic heterocycles. The Morgan fingerprint density at radius 3 is 2.67 bits per heavy atom. The third-order valence-electron chi connectivity index (χ3n) is 4.60. The monoisotopic (exact) mass is 364 g/mol. The van der Waals surface area contributed by atoms with Crippen molar-refractivity contribution in [2.45, 2.75) is 40.3 Å². The molecule has 5 nitrogen and oxygen atoms in total. The molecule has 2 aromatic rings. The number of nitrogens with zero attached hydrogens (tertiary/aromatic N) is 3. The number of carbonyl (C=O) groups is 1. The van der Waals surface area contributed by atoms with E-state index < -0.39 is 0 Å². The smallest absolute Gasteiger partial charge is 0.262 e. The molecule has 0 saturated heterocycles. The highest BCUT2D eigenvalue weighted by molar-refractivity contribution is 6.01. The molecule has 0 aliphatic carbocycles. The fraction of sp³-hybridized carbons (Fsp3) is 0.364. The predicted octanol–water partition coefficient (Wildman–Crippen LogP) is 3.80. The SMILES string of the molecule is CCCn1c(C)cc(/C=C(\C#N)C(=O)NCc2cccc(N(C)C)c2)c1C. The molecule has 0 fully saturated rings. The van der Waals surface area contributed by atoms with Crippen molar-refractivity contribution in [2.24, 2.45) is 0 Å². The van der Waals surface area contributed by atoms with E-state index >= 15 is 0 Å². The molecule has 0 spiro atoms. The number of nitriles is 1. The van der Waals surface area contributed by atoms with E-state index in [1.807, 2.05) is 69.2 Å². The van der Waals surface area contributed by atoms with Crippen LogP contribution in [0.4, 0.5) is 5.69 Å². The summed E-state index contributed by atoms with van der Waals surface area (Å²) in [5.41, 5.74) is 5.32. The third-order valence-corrected chi connectivity index (χ3v) is 4.60. The Morgan fingerprint density at radius 1 is 1.30 bits per heavy atom. The maximum Gasteiger partial charge on any atom is 0.262 e. The number of hydrogen-bond donors (Lipinski definition) is 1. The van der Waals surface area contributed by atoms with Gasteiger partial charge < -0.3 is 14.8 Å². The first-order chi connectivity index (χ1) is 12.9. The molecule has 1 amide bonds. The van der Waals surface area contributed by atoms with Gasteiger partial charge in [-0.25, -0.2) is 0 Å². The first kappa shape index (κ1) is 20.3. The van der Waals surface area contributed by atoms with Gasteiger partial charge in [-0.05, 0) is 55.7 Å². The van der Waals surface area contributed by atoms with Crippen LogP contribution in [0.1, 0.15) is 35.9 Å². The predicted molar refractivity (Wildman–Crippen MR) is 110 cm³/mol. The second kappa shape index (κ2) is 9.09. The van der Waals surface area contributed by atoms with Gasteiger partial charge in [0.25, 0.3) is 5.91 Å². The molecule has 5 heteroatoms. The molecule has 0 bridgehead atoms. The Balaban J connectivity index is 2.15. The maximum absolute atomic E-state index is 12.5. The van der Waals surface area contributed by atoms with E-state index in [-0.39, 0.29) is 11.5 Å². The van der Waals surface area contributed by atoms with Gasteiger partial charge in [0.2, 0.25) is 0 Å². The van der Waals surface area contributed by atoms with Gasteiger partial charge in [-0.1, -0.05) is 19.1 Å². The molecule has 2 rings (SSSR count). The van der Waals surface area contributed by atoms with E-state index in [4.69, 9.17) is 0 Å². The highest BCUT2D eigenvalue weighted by Gasteiger charge is 2.12. The molecule has 1 aromatic carbocycles. The van der Waals surface area contributed by atoms with Crippen molar-refractivity contribution < 1.29 is 4.79 Å². The number of carbonyl (C=O) groups excluding carboxylic acids is 1. The van der Waals surface area contributed by atoms with Crippen molar-refractivity contribution in [1.29, 1.82) is 5.26 Å². The molecule has 27 heavy (non-hydrogen) atoms. The number of rotatable bonds is 7. The van der Waals surface area contributed by atoms with Crippen molar-refractivity contribution >= 4 is 17.7 Å². The molecule has 0 unspecified atom stereocenters. The molecule has 0 atom stereocenters. The van der Waals surface area contributed by atoms with Gasteiger partial charge in [-0.2, -0.15) is 5.26 Å². The van der Waals surface area contributed by atoms with Gasteiger partial charge in [-0.3, -0.25) is 4.79 Å². The lowest BCUT2D eigenvalue weighted by molar-refractivity contribution is -0.117. The summed E-state index contributed by atoms with van der Waals surface area (Å²) >= 11 is 0. The van der Waals surface area contributed by atoms with Crippen LogP contribution in [0.3, 0.4) is 0 Å². The number of aryl methyl sites for hydroxylation is 1. The summed E-state index contributed by atoms with van der Waals surface area (Å²) in [5, 5.41) is 12.3. The van der Waals surface area contributed by atoms with E-state index in [2.05, 4.69) is 16.8 Å². The zero-order valence-electron chi connectivity index (χ0n) is 16.8. The first-order valence-electron chi connectivity index (χ1n) is 9.20. The summed E-state index contributed by atoms with van der Waals surface area (Å²) in [4.78, 5) is 14.5. The van der Waals surface area contributed by atoms with Crippen molar-refractivity contribution in [3.63, 3.8) is 0 Å². The summed E-state index contributed by atoms with van der Waals surface area (Å²) in [6, 6.07) is 12.0. The van der Waals surface area contributed by atoms with Gasteiger partial charge in [0.1, 0.15) is 11.6 Å². The van der Waals surface area contributed by atoms with Gasteiger partial charge in [0.05, 0.1) is 0 Å². The van der Waals surface area contributed by atoms with E-state index in [1.54, 1.807) is 6.08 Å². The lowest BCUT2D eigenvalue weighted by Gasteiger charge is -2.13. The normalized spacial score (nSPS) is 11.2. The minimum Gasteiger partial charge on any atom is -0.378 e. The van der Waals surface area contributed by atoms with Crippen molar-refractivity contribution in [3.8, 4) is 6.07 Å². The Labute approximate surface area is 161 Å². The van der Waals surface area contributed by atoms with Crippen LogP contribution >= 0.6 is 0 Å². The second-order valence-electron chi connectivity index (χ2n) is 6.89. The number of benzene rings is 1. The summed E-state index contributed by atoms with van der Waals surface area (Å²) in [6.07, 6.45) is 2.72. The lowest BCUT2D eigenvalue weighted by atomic mass is 10.1. The van der Waals surface area contributed by atoms with Gasteiger partial charge in [-0.15, -0.1) is 0 Å². The minimum absolute atomic E-state index is 0.121. The van der Waals surface area contributed by atoms with Crippen molar-refractivity contribution in [2.75, 3.05) is 19.0 Å². The number of hydrogen-bond acceptors (Lipinski definition) is 3.